The van der Waals surface area contributed by atoms with Crippen LogP contribution < -0.4 is 0 Å². The molecule has 2 unspecified atom stereocenters. The van der Waals surface area contributed by atoms with Crippen molar-refractivity contribution < 1.29 is 19.8 Å². The number of hydrogen-bond acceptors (Lipinski definition) is 3. The van der Waals surface area contributed by atoms with E-state index < -0.39 is 11.6 Å². The third-order valence-corrected chi connectivity index (χ3v) is 3.71. The highest BCUT2D eigenvalue weighted by Crippen LogP contribution is 2.31. The van der Waals surface area contributed by atoms with Gasteiger partial charge in [-0.1, -0.05) is 13.0 Å². The molecule has 0 aromatic carbocycles. The molecule has 0 bridgehead atoms. The fraction of sp³-hybridized carbons (Fsp3) is 0.733. The van der Waals surface area contributed by atoms with Crippen LogP contribution in [0.2, 0.25) is 0 Å². The number of carboxylic acid groups (broad SMARTS) is 1. The molecule has 0 amide bonds. The predicted molar refractivity (Wildman–Crippen MR) is 72.8 cm³/mol. The van der Waals surface area contributed by atoms with E-state index in [4.69, 9.17) is 5.11 Å². The average molecular weight is 268 g/mol. The van der Waals surface area contributed by atoms with Gasteiger partial charge >= 0.3 is 5.97 Å². The lowest BCUT2D eigenvalue weighted by molar-refractivity contribution is -0.133. The second-order valence-electron chi connectivity index (χ2n) is 6.28. The number of aliphatic hydroxyl groups is 1. The van der Waals surface area contributed by atoms with E-state index in [2.05, 4.69) is 0 Å². The number of rotatable bonds is 6. The number of hydrogen-bond donors (Lipinski definition) is 2. The summed E-state index contributed by atoms with van der Waals surface area (Å²) in [6.45, 7) is 5.31. The van der Waals surface area contributed by atoms with Crippen molar-refractivity contribution in [3.63, 3.8) is 0 Å². The molecule has 1 rings (SSSR count). The van der Waals surface area contributed by atoms with Crippen molar-refractivity contribution in [2.75, 3.05) is 0 Å². The van der Waals surface area contributed by atoms with E-state index in [9.17, 15) is 14.7 Å². The minimum absolute atomic E-state index is 0.0769. The van der Waals surface area contributed by atoms with Crippen LogP contribution in [0, 0.1) is 11.8 Å². The third kappa shape index (κ3) is 5.55. The van der Waals surface area contributed by atoms with Crippen LogP contribution in [-0.2, 0) is 9.59 Å². The molecule has 0 heterocycles. The van der Waals surface area contributed by atoms with Crippen LogP contribution in [0.25, 0.3) is 0 Å². The minimum Gasteiger partial charge on any atom is -0.478 e. The Balaban J connectivity index is 2.46. The van der Waals surface area contributed by atoms with E-state index in [-0.39, 0.29) is 18.1 Å². The van der Waals surface area contributed by atoms with Crippen molar-refractivity contribution in [2.24, 2.45) is 11.8 Å². The molecule has 1 aliphatic carbocycles. The number of carbonyl (C=O) groups excluding carboxylic acids is 1. The largest absolute Gasteiger partial charge is 0.478 e. The summed E-state index contributed by atoms with van der Waals surface area (Å²) in [5.41, 5.74) is -0.453. The number of aliphatic carboxylic acids is 1. The van der Waals surface area contributed by atoms with Gasteiger partial charge in [0.1, 0.15) is 5.78 Å². The molecule has 0 aromatic rings. The van der Waals surface area contributed by atoms with E-state index in [0.717, 1.165) is 12.8 Å². The molecule has 2 N–H and O–H groups in total. The Morgan fingerprint density at radius 1 is 1.47 bits per heavy atom. The van der Waals surface area contributed by atoms with Gasteiger partial charge in [0.05, 0.1) is 5.60 Å². The monoisotopic (exact) mass is 268 g/mol. The van der Waals surface area contributed by atoms with Crippen molar-refractivity contribution in [2.45, 2.75) is 58.5 Å². The SMILES string of the molecule is CC(CC(=O)CC(C)(C)O)C1CC=C(C(=O)O)CC1. The first kappa shape index (κ1) is 15.9. The number of ketones is 1. The summed E-state index contributed by atoms with van der Waals surface area (Å²) in [6.07, 6.45) is 4.58. The summed E-state index contributed by atoms with van der Waals surface area (Å²) in [5.74, 6) is -0.146. The van der Waals surface area contributed by atoms with E-state index >= 15 is 0 Å². The number of carboxylic acids is 1. The lowest BCUT2D eigenvalue weighted by atomic mass is 9.78. The fourth-order valence-electron chi connectivity index (χ4n) is 2.65. The Hall–Kier alpha value is -1.16. The van der Waals surface area contributed by atoms with Crippen molar-refractivity contribution in [1.82, 2.24) is 0 Å². The van der Waals surface area contributed by atoms with Gasteiger partial charge in [0.15, 0.2) is 0 Å². The summed E-state index contributed by atoms with van der Waals surface area (Å²) >= 11 is 0. The fourth-order valence-corrected chi connectivity index (χ4v) is 2.65. The lowest BCUT2D eigenvalue weighted by Gasteiger charge is -2.26. The van der Waals surface area contributed by atoms with Gasteiger partial charge in [0.2, 0.25) is 0 Å². The third-order valence-electron chi connectivity index (χ3n) is 3.71. The Labute approximate surface area is 114 Å². The smallest absolute Gasteiger partial charge is 0.331 e. The zero-order valence-corrected chi connectivity index (χ0v) is 12.0. The summed E-state index contributed by atoms with van der Waals surface area (Å²) < 4.78 is 0. The second kappa shape index (κ2) is 6.33. The lowest BCUT2D eigenvalue weighted by Crippen LogP contribution is -2.26. The van der Waals surface area contributed by atoms with Crippen molar-refractivity contribution in [3.05, 3.63) is 11.6 Å². The zero-order valence-electron chi connectivity index (χ0n) is 12.0. The molecular formula is C15H24O4. The summed E-state index contributed by atoms with van der Waals surface area (Å²) in [7, 11) is 0. The summed E-state index contributed by atoms with van der Waals surface area (Å²) in [4.78, 5) is 22.6. The molecule has 0 radical (unpaired) electrons. The molecule has 0 saturated heterocycles. The van der Waals surface area contributed by atoms with E-state index in [1.807, 2.05) is 6.92 Å². The zero-order chi connectivity index (χ0) is 14.6. The minimum atomic E-state index is -0.945. The van der Waals surface area contributed by atoms with E-state index in [1.165, 1.54) is 0 Å². The highest BCUT2D eigenvalue weighted by atomic mass is 16.4. The van der Waals surface area contributed by atoms with Crippen LogP contribution in [0.3, 0.4) is 0 Å². The summed E-state index contributed by atoms with van der Waals surface area (Å²) in [6, 6.07) is 0. The molecule has 108 valence electrons. The van der Waals surface area contributed by atoms with Crippen LogP contribution in [-0.4, -0.2) is 27.6 Å². The Kier molecular flexibility index (Phi) is 5.29. The first-order chi connectivity index (χ1) is 8.69. The molecule has 0 fully saturated rings. The molecule has 2 atom stereocenters. The predicted octanol–water partition coefficient (Wildman–Crippen LogP) is 2.55. The highest BCUT2D eigenvalue weighted by molar-refractivity contribution is 5.86. The van der Waals surface area contributed by atoms with Gasteiger partial charge in [0, 0.05) is 18.4 Å². The maximum atomic E-state index is 11.8. The Morgan fingerprint density at radius 3 is 2.53 bits per heavy atom. The maximum Gasteiger partial charge on any atom is 0.331 e. The van der Waals surface area contributed by atoms with Gasteiger partial charge < -0.3 is 10.2 Å². The maximum absolute atomic E-state index is 11.8. The number of allylic oxidation sites excluding steroid dienone is 1. The summed E-state index contributed by atoms with van der Waals surface area (Å²) in [5, 5.41) is 18.5. The van der Waals surface area contributed by atoms with Gasteiger partial charge in [0.25, 0.3) is 0 Å². The first-order valence-corrected chi connectivity index (χ1v) is 6.85. The normalized spacial score (nSPS) is 21.7. The van der Waals surface area contributed by atoms with Gasteiger partial charge in [-0.15, -0.1) is 0 Å². The number of carbonyl (C=O) groups is 2. The Bertz CT molecular complexity index is 376. The molecule has 0 spiro atoms. The molecule has 0 aromatic heterocycles. The standard InChI is InChI=1S/C15H24O4/c1-10(8-13(16)9-15(2,3)19)11-4-6-12(7-5-11)14(17)18/h6,10-11,19H,4-5,7-9H2,1-3H3,(H,17,18). The average Bonchev–Trinajstić information content (AvgIpc) is 2.26. The van der Waals surface area contributed by atoms with Crippen molar-refractivity contribution in [1.29, 1.82) is 0 Å². The first-order valence-electron chi connectivity index (χ1n) is 6.85. The molecule has 4 nitrogen and oxygen atoms in total. The van der Waals surface area contributed by atoms with Crippen LogP contribution >= 0.6 is 0 Å². The van der Waals surface area contributed by atoms with Crippen molar-refractivity contribution >= 4 is 11.8 Å². The molecule has 1 aliphatic rings. The Morgan fingerprint density at radius 2 is 2.11 bits per heavy atom. The van der Waals surface area contributed by atoms with Crippen LogP contribution in [0.15, 0.2) is 11.6 Å². The topological polar surface area (TPSA) is 74.6 Å². The van der Waals surface area contributed by atoms with Gasteiger partial charge in [-0.3, -0.25) is 4.79 Å². The van der Waals surface area contributed by atoms with Crippen LogP contribution in [0.5, 0.6) is 0 Å². The van der Waals surface area contributed by atoms with E-state index in [1.54, 1.807) is 19.9 Å². The molecule has 4 heteroatoms. The van der Waals surface area contributed by atoms with Gasteiger partial charge in [-0.2, -0.15) is 0 Å². The number of Topliss-reactive ketones (excluding diaryl/α,β-unsaturated/α-hetero) is 1. The second-order valence-corrected chi connectivity index (χ2v) is 6.28. The van der Waals surface area contributed by atoms with E-state index in [0.29, 0.717) is 24.3 Å². The molecule has 19 heavy (non-hydrogen) atoms. The van der Waals surface area contributed by atoms with Crippen LogP contribution in [0.1, 0.15) is 52.9 Å². The van der Waals surface area contributed by atoms with Gasteiger partial charge in [-0.25, -0.2) is 4.79 Å². The van der Waals surface area contributed by atoms with Crippen LogP contribution in [0.4, 0.5) is 0 Å². The van der Waals surface area contributed by atoms with Gasteiger partial charge in [-0.05, 0) is 44.9 Å². The molecule has 0 saturated carbocycles. The molecular weight excluding hydrogens is 244 g/mol. The molecule has 0 aliphatic heterocycles. The highest BCUT2D eigenvalue weighted by Gasteiger charge is 2.26. The quantitative estimate of drug-likeness (QED) is 0.776. The van der Waals surface area contributed by atoms with Crippen molar-refractivity contribution in [3.8, 4) is 0 Å².